The third-order valence-electron chi connectivity index (χ3n) is 7.09. The van der Waals surface area contributed by atoms with Crippen molar-refractivity contribution in [2.75, 3.05) is 26.7 Å². The van der Waals surface area contributed by atoms with Crippen LogP contribution in [0.5, 0.6) is 5.88 Å². The van der Waals surface area contributed by atoms with Crippen LogP contribution in [0.2, 0.25) is 5.02 Å². The van der Waals surface area contributed by atoms with E-state index in [-0.39, 0.29) is 6.10 Å². The molecule has 3 aliphatic rings. The molecule has 0 radical (unpaired) electrons. The molecule has 184 valence electrons. The molecular formula is C28H28ClN5O2. The second kappa shape index (κ2) is 10.7. The predicted octanol–water partition coefficient (Wildman–Crippen LogP) is 6.60. The van der Waals surface area contributed by atoms with Gasteiger partial charge in [-0.3, -0.25) is 0 Å². The number of benzene rings is 1. The molecule has 1 aliphatic carbocycles. The van der Waals surface area contributed by atoms with Gasteiger partial charge in [-0.15, -0.1) is 0 Å². The highest BCUT2D eigenvalue weighted by Gasteiger charge is 2.35. The lowest BCUT2D eigenvalue weighted by atomic mass is 9.81. The van der Waals surface area contributed by atoms with Crippen LogP contribution >= 0.6 is 11.6 Å². The fourth-order valence-corrected chi connectivity index (χ4v) is 5.21. The second-order valence-electron chi connectivity index (χ2n) is 9.15. The number of azide groups is 1. The van der Waals surface area contributed by atoms with Gasteiger partial charge in [0.2, 0.25) is 5.88 Å². The number of halogens is 1. The summed E-state index contributed by atoms with van der Waals surface area (Å²) in [5, 5.41) is 4.92. The standard InChI is InChI=1S/C28H28ClN5O2/c1-35-25-7-2-8-26-24(25)19-20(23-6-3-15-31-27(23)36-26)5-4-16-34-17-13-28(14-18-34,32-33-30)21-9-11-22(29)12-10-21/h2-3,5-12,15,19,25H,4,13-14,16-18H2,1H3. The van der Waals surface area contributed by atoms with Gasteiger partial charge in [-0.2, -0.15) is 0 Å². The maximum atomic E-state index is 9.25. The lowest BCUT2D eigenvalue weighted by molar-refractivity contribution is 0.164. The van der Waals surface area contributed by atoms with Gasteiger partial charge in [0.15, 0.2) is 0 Å². The second-order valence-corrected chi connectivity index (χ2v) is 9.58. The first-order valence-corrected chi connectivity index (χ1v) is 12.5. The number of hydrogen-bond donors (Lipinski definition) is 0. The maximum absolute atomic E-state index is 9.25. The Morgan fingerprint density at radius 3 is 2.83 bits per heavy atom. The molecular weight excluding hydrogens is 474 g/mol. The number of hydrogen-bond acceptors (Lipinski definition) is 5. The summed E-state index contributed by atoms with van der Waals surface area (Å²) in [6.45, 7) is 2.62. The van der Waals surface area contributed by atoms with Gasteiger partial charge in [-0.1, -0.05) is 47.1 Å². The van der Waals surface area contributed by atoms with Crippen LogP contribution in [0.3, 0.4) is 0 Å². The number of piperidine rings is 1. The summed E-state index contributed by atoms with van der Waals surface area (Å²) in [5.74, 6) is 1.37. The molecule has 8 heteroatoms. The molecule has 1 aromatic heterocycles. The van der Waals surface area contributed by atoms with Crippen LogP contribution in [0.15, 0.2) is 89.4 Å². The summed E-state index contributed by atoms with van der Waals surface area (Å²) in [7, 11) is 1.70. The van der Waals surface area contributed by atoms with Crippen molar-refractivity contribution in [1.29, 1.82) is 0 Å². The van der Waals surface area contributed by atoms with E-state index in [0.29, 0.717) is 10.9 Å². The van der Waals surface area contributed by atoms with Crippen LogP contribution in [0.4, 0.5) is 0 Å². The van der Waals surface area contributed by atoms with E-state index >= 15 is 0 Å². The van der Waals surface area contributed by atoms with Gasteiger partial charge in [0.05, 0.1) is 5.54 Å². The van der Waals surface area contributed by atoms with Crippen LogP contribution in [0.25, 0.3) is 16.0 Å². The van der Waals surface area contributed by atoms with E-state index < -0.39 is 5.54 Å². The lowest BCUT2D eigenvalue weighted by Crippen LogP contribution is -2.41. The van der Waals surface area contributed by atoms with Crippen LogP contribution in [0.1, 0.15) is 30.4 Å². The van der Waals surface area contributed by atoms with Gasteiger partial charge in [-0.25, -0.2) is 4.98 Å². The minimum atomic E-state index is -0.519. The fourth-order valence-electron chi connectivity index (χ4n) is 5.09. The van der Waals surface area contributed by atoms with E-state index in [1.165, 1.54) is 0 Å². The van der Waals surface area contributed by atoms with Crippen molar-refractivity contribution in [3.8, 4) is 5.88 Å². The Kier molecular flexibility index (Phi) is 7.25. The number of pyridine rings is 1. The highest BCUT2D eigenvalue weighted by molar-refractivity contribution is 6.30. The molecule has 1 atom stereocenters. The Balaban J connectivity index is 1.31. The summed E-state index contributed by atoms with van der Waals surface area (Å²) in [6, 6.07) is 11.6. The van der Waals surface area contributed by atoms with Gasteiger partial charge in [0.1, 0.15) is 11.9 Å². The number of rotatable bonds is 6. The Labute approximate surface area is 216 Å². The van der Waals surface area contributed by atoms with E-state index in [9.17, 15) is 5.53 Å². The van der Waals surface area contributed by atoms with E-state index in [4.69, 9.17) is 21.1 Å². The number of methoxy groups -OCH3 is 1. The van der Waals surface area contributed by atoms with Crippen molar-refractivity contribution < 1.29 is 9.47 Å². The van der Waals surface area contributed by atoms with Crippen molar-refractivity contribution >= 4 is 17.2 Å². The normalized spacial score (nSPS) is 21.8. The van der Waals surface area contributed by atoms with Crippen LogP contribution in [-0.4, -0.2) is 42.7 Å². The topological polar surface area (TPSA) is 83.4 Å². The molecule has 0 saturated carbocycles. The molecule has 36 heavy (non-hydrogen) atoms. The van der Waals surface area contributed by atoms with Crippen LogP contribution < -0.4 is 4.74 Å². The average molecular weight is 502 g/mol. The van der Waals surface area contributed by atoms with Gasteiger partial charge >= 0.3 is 0 Å². The van der Waals surface area contributed by atoms with E-state index in [2.05, 4.69) is 32.1 Å². The molecule has 1 aromatic carbocycles. The first-order chi connectivity index (χ1) is 17.6. The number of allylic oxidation sites excluding steroid dienone is 4. The highest BCUT2D eigenvalue weighted by Crippen LogP contribution is 2.39. The Morgan fingerprint density at radius 2 is 2.08 bits per heavy atom. The monoisotopic (exact) mass is 501 g/mol. The van der Waals surface area contributed by atoms with E-state index in [0.717, 1.165) is 66.9 Å². The quantitative estimate of drug-likeness (QED) is 0.253. The van der Waals surface area contributed by atoms with Crippen molar-refractivity contribution in [2.24, 2.45) is 5.11 Å². The Morgan fingerprint density at radius 1 is 1.28 bits per heavy atom. The molecule has 2 aliphatic heterocycles. The zero-order valence-corrected chi connectivity index (χ0v) is 20.9. The minimum Gasteiger partial charge on any atom is -0.438 e. The number of aromatic nitrogens is 1. The summed E-state index contributed by atoms with van der Waals surface area (Å²) >= 11 is 6.07. The summed E-state index contributed by atoms with van der Waals surface area (Å²) < 4.78 is 11.8. The zero-order valence-electron chi connectivity index (χ0n) is 20.2. The van der Waals surface area contributed by atoms with Crippen LogP contribution in [0, 0.1) is 0 Å². The molecule has 0 N–H and O–H groups in total. The summed E-state index contributed by atoms with van der Waals surface area (Å²) in [5.41, 5.74) is 12.8. The third kappa shape index (κ3) is 4.97. The van der Waals surface area contributed by atoms with Crippen molar-refractivity contribution in [1.82, 2.24) is 9.88 Å². The molecule has 2 aromatic rings. The number of nitrogens with zero attached hydrogens (tertiary/aromatic N) is 5. The zero-order chi connectivity index (χ0) is 25.0. The largest absolute Gasteiger partial charge is 0.438 e. The molecule has 7 nitrogen and oxygen atoms in total. The minimum absolute atomic E-state index is 0.161. The third-order valence-corrected chi connectivity index (χ3v) is 7.34. The van der Waals surface area contributed by atoms with Gasteiger partial charge in [-0.05, 0) is 85.4 Å². The summed E-state index contributed by atoms with van der Waals surface area (Å²) in [6.07, 6.45) is 14.3. The molecule has 1 unspecified atom stereocenters. The summed E-state index contributed by atoms with van der Waals surface area (Å²) in [4.78, 5) is 10.1. The van der Waals surface area contributed by atoms with Gasteiger partial charge in [0.25, 0.3) is 0 Å². The molecule has 1 saturated heterocycles. The Hall–Kier alpha value is -3.35. The number of ether oxygens (including phenoxy) is 2. The van der Waals surface area contributed by atoms with Crippen molar-refractivity contribution in [3.05, 3.63) is 111 Å². The average Bonchev–Trinajstić information content (AvgIpc) is 3.07. The van der Waals surface area contributed by atoms with E-state index in [1.54, 1.807) is 13.3 Å². The van der Waals surface area contributed by atoms with Crippen molar-refractivity contribution in [3.63, 3.8) is 0 Å². The Bertz CT molecular complexity index is 1280. The first kappa shape index (κ1) is 24.3. The first-order valence-electron chi connectivity index (χ1n) is 12.1. The van der Waals surface area contributed by atoms with Crippen LogP contribution in [-0.2, 0) is 10.3 Å². The molecule has 1 fully saturated rings. The van der Waals surface area contributed by atoms with Gasteiger partial charge in [0, 0.05) is 40.9 Å². The number of likely N-dealkylation sites (tertiary alicyclic amines) is 1. The highest BCUT2D eigenvalue weighted by atomic mass is 35.5. The number of fused-ring (bicyclic) bond motifs is 2. The molecule has 5 rings (SSSR count). The van der Waals surface area contributed by atoms with Crippen molar-refractivity contribution in [2.45, 2.75) is 30.9 Å². The van der Waals surface area contributed by atoms with E-state index in [1.807, 2.05) is 54.6 Å². The van der Waals surface area contributed by atoms with Gasteiger partial charge < -0.3 is 14.4 Å². The maximum Gasteiger partial charge on any atom is 0.227 e. The fraction of sp³-hybridized carbons (Fsp3) is 0.321. The SMILES string of the molecule is COC1C=CC=C2Oc3ncccc3C(=CCCN3CCC(N=[N+]=[N-])(c4ccc(Cl)cc4)CC3)C=C21. The molecule has 0 amide bonds. The lowest BCUT2D eigenvalue weighted by Gasteiger charge is -2.39. The smallest absolute Gasteiger partial charge is 0.227 e. The molecule has 0 spiro atoms. The predicted molar refractivity (Wildman–Crippen MR) is 142 cm³/mol. The molecule has 3 heterocycles. The molecule has 0 bridgehead atoms.